The van der Waals surface area contributed by atoms with Crippen molar-refractivity contribution in [3.05, 3.63) is 27.7 Å². The predicted molar refractivity (Wildman–Crippen MR) is 88.2 cm³/mol. The summed E-state index contributed by atoms with van der Waals surface area (Å²) in [6.07, 6.45) is 4.06. The number of ether oxygens (including phenoxy) is 1. The molecule has 0 bridgehead atoms. The molecule has 3 heteroatoms. The molecular formula is C17H26BrNO. The van der Waals surface area contributed by atoms with E-state index in [1.54, 1.807) is 0 Å². The van der Waals surface area contributed by atoms with E-state index in [9.17, 15) is 0 Å². The maximum atomic E-state index is 6.40. The molecule has 0 saturated heterocycles. The van der Waals surface area contributed by atoms with Crippen LogP contribution in [0.25, 0.3) is 0 Å². The molecule has 1 N–H and O–H groups in total. The van der Waals surface area contributed by atoms with Crippen molar-refractivity contribution in [2.75, 3.05) is 7.05 Å². The molecule has 1 aromatic rings. The molecule has 0 spiro atoms. The molecule has 1 fully saturated rings. The number of rotatable bonds is 4. The van der Waals surface area contributed by atoms with Crippen molar-refractivity contribution in [2.24, 2.45) is 11.8 Å². The van der Waals surface area contributed by atoms with Gasteiger partial charge in [-0.05, 0) is 62.8 Å². The van der Waals surface area contributed by atoms with E-state index < -0.39 is 0 Å². The molecule has 1 saturated carbocycles. The van der Waals surface area contributed by atoms with Gasteiger partial charge in [-0.1, -0.05) is 29.8 Å². The third kappa shape index (κ3) is 3.98. The van der Waals surface area contributed by atoms with Gasteiger partial charge in [0.15, 0.2) is 0 Å². The van der Waals surface area contributed by atoms with Gasteiger partial charge in [-0.3, -0.25) is 0 Å². The highest BCUT2D eigenvalue weighted by atomic mass is 79.9. The summed E-state index contributed by atoms with van der Waals surface area (Å²) in [5, 5.41) is 3.23. The summed E-state index contributed by atoms with van der Waals surface area (Å²) < 4.78 is 7.53. The topological polar surface area (TPSA) is 21.3 Å². The maximum absolute atomic E-state index is 6.40. The molecule has 0 aliphatic heterocycles. The zero-order valence-electron chi connectivity index (χ0n) is 13.0. The smallest absolute Gasteiger partial charge is 0.127 e. The summed E-state index contributed by atoms with van der Waals surface area (Å²) in [4.78, 5) is 0. The Morgan fingerprint density at radius 2 is 1.85 bits per heavy atom. The lowest BCUT2D eigenvalue weighted by Gasteiger charge is -2.32. The summed E-state index contributed by atoms with van der Waals surface area (Å²) >= 11 is 3.58. The molecule has 2 unspecified atom stereocenters. The lowest BCUT2D eigenvalue weighted by molar-refractivity contribution is 0.0993. The van der Waals surface area contributed by atoms with Crippen LogP contribution in [0.3, 0.4) is 0 Å². The Morgan fingerprint density at radius 3 is 2.45 bits per heavy atom. The number of aryl methyl sites for hydroxylation is 1. The molecule has 1 aliphatic rings. The van der Waals surface area contributed by atoms with Crippen LogP contribution in [0.1, 0.15) is 44.2 Å². The predicted octanol–water partition coefficient (Wildman–Crippen LogP) is 4.68. The Balaban J connectivity index is 2.19. The van der Waals surface area contributed by atoms with Gasteiger partial charge in [0.25, 0.3) is 0 Å². The van der Waals surface area contributed by atoms with Crippen molar-refractivity contribution in [3.63, 3.8) is 0 Å². The van der Waals surface area contributed by atoms with Crippen LogP contribution in [-0.2, 0) is 6.54 Å². The normalized spacial score (nSPS) is 26.6. The summed E-state index contributed by atoms with van der Waals surface area (Å²) in [5.74, 6) is 2.62. The second kappa shape index (κ2) is 6.95. The maximum Gasteiger partial charge on any atom is 0.127 e. The Kier molecular flexibility index (Phi) is 5.50. The second-order valence-electron chi connectivity index (χ2n) is 6.40. The Labute approximate surface area is 131 Å². The van der Waals surface area contributed by atoms with E-state index in [0.29, 0.717) is 6.10 Å². The highest BCUT2D eigenvalue weighted by Crippen LogP contribution is 2.34. The number of benzene rings is 1. The van der Waals surface area contributed by atoms with E-state index >= 15 is 0 Å². The molecule has 2 rings (SSSR count). The van der Waals surface area contributed by atoms with Crippen LogP contribution in [0.15, 0.2) is 16.6 Å². The number of hydrogen-bond donors (Lipinski definition) is 1. The molecule has 1 aromatic carbocycles. The lowest BCUT2D eigenvalue weighted by atomic mass is 9.82. The van der Waals surface area contributed by atoms with E-state index in [2.05, 4.69) is 54.2 Å². The van der Waals surface area contributed by atoms with Crippen LogP contribution in [0.2, 0.25) is 0 Å². The lowest BCUT2D eigenvalue weighted by Crippen LogP contribution is -2.29. The first-order chi connectivity index (χ1) is 9.49. The molecule has 0 heterocycles. The van der Waals surface area contributed by atoms with E-state index in [1.807, 2.05) is 7.05 Å². The van der Waals surface area contributed by atoms with Gasteiger partial charge in [0.1, 0.15) is 5.75 Å². The average molecular weight is 340 g/mol. The van der Waals surface area contributed by atoms with Crippen LogP contribution < -0.4 is 10.1 Å². The largest absolute Gasteiger partial charge is 0.490 e. The molecule has 1 aliphatic carbocycles. The van der Waals surface area contributed by atoms with E-state index in [-0.39, 0.29) is 0 Å². The Hall–Kier alpha value is -0.540. The summed E-state index contributed by atoms with van der Waals surface area (Å²) in [6, 6.07) is 4.30. The molecule has 20 heavy (non-hydrogen) atoms. The average Bonchev–Trinajstić information content (AvgIpc) is 2.32. The fourth-order valence-electron chi connectivity index (χ4n) is 3.43. The zero-order chi connectivity index (χ0) is 14.7. The third-order valence-electron chi connectivity index (χ3n) is 4.10. The summed E-state index contributed by atoms with van der Waals surface area (Å²) in [7, 11) is 1.98. The molecular weight excluding hydrogens is 314 g/mol. The van der Waals surface area contributed by atoms with Crippen LogP contribution in [-0.4, -0.2) is 13.2 Å². The standard InChI is InChI=1S/C17H26BrNO/c1-11-5-12(2)7-16(6-11)20-17-13(3)8-15(18)9-14(17)10-19-4/h8-9,11-12,16,19H,5-7,10H2,1-4H3. The van der Waals surface area contributed by atoms with Gasteiger partial charge in [-0.25, -0.2) is 0 Å². The van der Waals surface area contributed by atoms with Gasteiger partial charge in [0.05, 0.1) is 6.10 Å². The monoisotopic (exact) mass is 339 g/mol. The van der Waals surface area contributed by atoms with Crippen molar-refractivity contribution < 1.29 is 4.74 Å². The first-order valence-corrected chi connectivity index (χ1v) is 8.39. The van der Waals surface area contributed by atoms with Gasteiger partial charge < -0.3 is 10.1 Å². The molecule has 2 atom stereocenters. The van der Waals surface area contributed by atoms with E-state index in [4.69, 9.17) is 4.74 Å². The van der Waals surface area contributed by atoms with Gasteiger partial charge in [-0.2, -0.15) is 0 Å². The summed E-state index contributed by atoms with van der Waals surface area (Å²) in [5.41, 5.74) is 2.46. The van der Waals surface area contributed by atoms with Crippen molar-refractivity contribution in [1.82, 2.24) is 5.32 Å². The highest BCUT2D eigenvalue weighted by molar-refractivity contribution is 9.10. The third-order valence-corrected chi connectivity index (χ3v) is 4.56. The SMILES string of the molecule is CNCc1cc(Br)cc(C)c1OC1CC(C)CC(C)C1. The number of hydrogen-bond acceptors (Lipinski definition) is 2. The summed E-state index contributed by atoms with van der Waals surface area (Å²) in [6.45, 7) is 7.66. The van der Waals surface area contributed by atoms with E-state index in [1.165, 1.54) is 30.4 Å². The number of halogens is 1. The van der Waals surface area contributed by atoms with Crippen molar-refractivity contribution in [1.29, 1.82) is 0 Å². The first kappa shape index (κ1) is 15.8. The molecule has 2 nitrogen and oxygen atoms in total. The quantitative estimate of drug-likeness (QED) is 0.859. The second-order valence-corrected chi connectivity index (χ2v) is 7.31. The molecule has 0 amide bonds. The minimum atomic E-state index is 0.365. The molecule has 0 radical (unpaired) electrons. The van der Waals surface area contributed by atoms with Crippen LogP contribution in [0.4, 0.5) is 0 Å². The van der Waals surface area contributed by atoms with Gasteiger partial charge >= 0.3 is 0 Å². The molecule has 0 aromatic heterocycles. The van der Waals surface area contributed by atoms with E-state index in [0.717, 1.165) is 28.6 Å². The van der Waals surface area contributed by atoms with Crippen molar-refractivity contribution >= 4 is 15.9 Å². The van der Waals surface area contributed by atoms with Gasteiger partial charge in [0, 0.05) is 16.6 Å². The first-order valence-electron chi connectivity index (χ1n) is 7.59. The van der Waals surface area contributed by atoms with Crippen molar-refractivity contribution in [3.8, 4) is 5.75 Å². The Morgan fingerprint density at radius 1 is 1.20 bits per heavy atom. The zero-order valence-corrected chi connectivity index (χ0v) is 14.6. The molecule has 112 valence electrons. The van der Waals surface area contributed by atoms with Crippen molar-refractivity contribution in [2.45, 2.75) is 52.7 Å². The fourth-order valence-corrected chi connectivity index (χ4v) is 4.05. The van der Waals surface area contributed by atoms with Gasteiger partial charge in [-0.15, -0.1) is 0 Å². The van der Waals surface area contributed by atoms with Crippen LogP contribution >= 0.6 is 15.9 Å². The number of nitrogens with one attached hydrogen (secondary N) is 1. The minimum absolute atomic E-state index is 0.365. The minimum Gasteiger partial charge on any atom is -0.490 e. The van der Waals surface area contributed by atoms with Crippen LogP contribution in [0, 0.1) is 18.8 Å². The Bertz CT molecular complexity index is 451. The fraction of sp³-hybridized carbons (Fsp3) is 0.647. The van der Waals surface area contributed by atoms with Gasteiger partial charge in [0.2, 0.25) is 0 Å². The highest BCUT2D eigenvalue weighted by Gasteiger charge is 2.26. The van der Waals surface area contributed by atoms with Crippen LogP contribution in [0.5, 0.6) is 5.75 Å².